The van der Waals surface area contributed by atoms with E-state index in [2.05, 4.69) is 4.72 Å². The Morgan fingerprint density at radius 3 is 2.65 bits per heavy atom. The molecule has 0 fully saturated rings. The standard InChI is InChI=1S/C18H20N2O5S/c1-13-4-3-5-16(10-13)26(22,23)19-8-9-20(14(2)21)15-6-7-17-18(11-15)25-12-24-17/h3-7,10-11,19H,8-9,12H2,1-2H3. The zero-order chi connectivity index (χ0) is 18.7. The Balaban J connectivity index is 1.69. The van der Waals surface area contributed by atoms with E-state index in [4.69, 9.17) is 9.47 Å². The molecule has 1 amide bonds. The van der Waals surface area contributed by atoms with E-state index in [-0.39, 0.29) is 30.7 Å². The first-order valence-corrected chi connectivity index (χ1v) is 9.59. The van der Waals surface area contributed by atoms with Crippen molar-refractivity contribution in [1.82, 2.24) is 4.72 Å². The smallest absolute Gasteiger partial charge is 0.240 e. The van der Waals surface area contributed by atoms with Crippen LogP contribution in [0.4, 0.5) is 5.69 Å². The van der Waals surface area contributed by atoms with Gasteiger partial charge in [0.1, 0.15) is 0 Å². The van der Waals surface area contributed by atoms with Gasteiger partial charge in [-0.05, 0) is 36.8 Å². The first kappa shape index (κ1) is 18.2. The summed E-state index contributed by atoms with van der Waals surface area (Å²) in [5.74, 6) is 0.991. The summed E-state index contributed by atoms with van der Waals surface area (Å²) < 4.78 is 37.9. The van der Waals surface area contributed by atoms with Gasteiger partial charge in [0.05, 0.1) is 4.90 Å². The first-order valence-electron chi connectivity index (χ1n) is 8.11. The zero-order valence-corrected chi connectivity index (χ0v) is 15.4. The van der Waals surface area contributed by atoms with Crippen molar-refractivity contribution in [2.75, 3.05) is 24.8 Å². The minimum absolute atomic E-state index is 0.0876. The van der Waals surface area contributed by atoms with Crippen LogP contribution in [0.5, 0.6) is 11.5 Å². The molecule has 0 aromatic heterocycles. The molecule has 1 N–H and O–H groups in total. The van der Waals surface area contributed by atoms with Crippen LogP contribution in [0, 0.1) is 6.92 Å². The van der Waals surface area contributed by atoms with Crippen LogP contribution in [0.25, 0.3) is 0 Å². The van der Waals surface area contributed by atoms with Gasteiger partial charge in [-0.3, -0.25) is 4.79 Å². The summed E-state index contributed by atoms with van der Waals surface area (Å²) >= 11 is 0. The van der Waals surface area contributed by atoms with Gasteiger partial charge in [-0.1, -0.05) is 12.1 Å². The SMILES string of the molecule is CC(=O)N(CCNS(=O)(=O)c1cccc(C)c1)c1ccc2c(c1)OCO2. The second kappa shape index (κ2) is 7.35. The molecule has 0 aliphatic carbocycles. The summed E-state index contributed by atoms with van der Waals surface area (Å²) in [4.78, 5) is 13.7. The highest BCUT2D eigenvalue weighted by Gasteiger charge is 2.19. The molecule has 138 valence electrons. The first-order chi connectivity index (χ1) is 12.4. The van der Waals surface area contributed by atoms with E-state index in [9.17, 15) is 13.2 Å². The Labute approximate surface area is 152 Å². The number of carbonyl (C=O) groups is 1. The third-order valence-corrected chi connectivity index (χ3v) is 5.43. The molecule has 8 heteroatoms. The predicted molar refractivity (Wildman–Crippen MR) is 97.0 cm³/mol. The summed E-state index contributed by atoms with van der Waals surface area (Å²) in [5.41, 5.74) is 1.48. The van der Waals surface area contributed by atoms with Crippen molar-refractivity contribution in [2.45, 2.75) is 18.7 Å². The molecule has 26 heavy (non-hydrogen) atoms. The van der Waals surface area contributed by atoms with Crippen LogP contribution in [-0.2, 0) is 14.8 Å². The number of carbonyl (C=O) groups excluding carboxylic acids is 1. The predicted octanol–water partition coefficient (Wildman–Crippen LogP) is 2.06. The lowest BCUT2D eigenvalue weighted by molar-refractivity contribution is -0.116. The van der Waals surface area contributed by atoms with E-state index in [0.717, 1.165) is 5.56 Å². The van der Waals surface area contributed by atoms with Crippen LogP contribution < -0.4 is 19.1 Å². The molecule has 1 heterocycles. The molecule has 2 aromatic rings. The van der Waals surface area contributed by atoms with Crippen LogP contribution in [-0.4, -0.2) is 34.2 Å². The fourth-order valence-corrected chi connectivity index (χ4v) is 3.80. The second-order valence-electron chi connectivity index (χ2n) is 5.92. The lowest BCUT2D eigenvalue weighted by atomic mass is 10.2. The third-order valence-electron chi connectivity index (χ3n) is 3.98. The molecular formula is C18H20N2O5S. The third kappa shape index (κ3) is 3.97. The fraction of sp³-hybridized carbons (Fsp3) is 0.278. The number of ether oxygens (including phenoxy) is 2. The van der Waals surface area contributed by atoms with Crippen molar-refractivity contribution >= 4 is 21.6 Å². The molecule has 3 rings (SSSR count). The van der Waals surface area contributed by atoms with Crippen molar-refractivity contribution in [3.8, 4) is 11.5 Å². The maximum Gasteiger partial charge on any atom is 0.240 e. The maximum absolute atomic E-state index is 12.4. The summed E-state index contributed by atoms with van der Waals surface area (Å²) in [6.07, 6.45) is 0. The number of hydrogen-bond acceptors (Lipinski definition) is 5. The van der Waals surface area contributed by atoms with Crippen LogP contribution in [0.2, 0.25) is 0 Å². The average Bonchev–Trinajstić information content (AvgIpc) is 3.06. The second-order valence-corrected chi connectivity index (χ2v) is 7.69. The van der Waals surface area contributed by atoms with Gasteiger partial charge in [0, 0.05) is 31.8 Å². The van der Waals surface area contributed by atoms with Gasteiger partial charge >= 0.3 is 0 Å². The van der Waals surface area contributed by atoms with Gasteiger partial charge in [0.25, 0.3) is 0 Å². The molecule has 0 bridgehead atoms. The van der Waals surface area contributed by atoms with Gasteiger partial charge < -0.3 is 14.4 Å². The van der Waals surface area contributed by atoms with E-state index in [1.54, 1.807) is 30.3 Å². The van der Waals surface area contributed by atoms with Gasteiger partial charge in [0.15, 0.2) is 11.5 Å². The van der Waals surface area contributed by atoms with Crippen LogP contribution in [0.3, 0.4) is 0 Å². The number of sulfonamides is 1. The van der Waals surface area contributed by atoms with Crippen LogP contribution >= 0.6 is 0 Å². The highest BCUT2D eigenvalue weighted by Crippen LogP contribution is 2.35. The molecule has 0 saturated carbocycles. The molecule has 0 spiro atoms. The van der Waals surface area contributed by atoms with Crippen LogP contribution in [0.1, 0.15) is 12.5 Å². The fourth-order valence-electron chi connectivity index (χ4n) is 2.68. The molecule has 7 nitrogen and oxygen atoms in total. The topological polar surface area (TPSA) is 84.9 Å². The quantitative estimate of drug-likeness (QED) is 0.834. The normalized spacial score (nSPS) is 12.8. The van der Waals surface area contributed by atoms with Gasteiger partial charge in [-0.2, -0.15) is 0 Å². The van der Waals surface area contributed by atoms with E-state index in [1.807, 2.05) is 13.0 Å². The number of benzene rings is 2. The lowest BCUT2D eigenvalue weighted by Gasteiger charge is -2.21. The number of anilines is 1. The van der Waals surface area contributed by atoms with Crippen molar-refractivity contribution in [1.29, 1.82) is 0 Å². The number of aryl methyl sites for hydroxylation is 1. The summed E-state index contributed by atoms with van der Waals surface area (Å²) in [6, 6.07) is 11.8. The maximum atomic E-state index is 12.4. The highest BCUT2D eigenvalue weighted by molar-refractivity contribution is 7.89. The van der Waals surface area contributed by atoms with Crippen molar-refractivity contribution < 1.29 is 22.7 Å². The minimum atomic E-state index is -3.63. The van der Waals surface area contributed by atoms with Crippen molar-refractivity contribution in [3.05, 3.63) is 48.0 Å². The number of nitrogens with one attached hydrogen (secondary N) is 1. The number of hydrogen-bond donors (Lipinski definition) is 1. The van der Waals surface area contributed by atoms with E-state index in [0.29, 0.717) is 17.2 Å². The molecular weight excluding hydrogens is 356 g/mol. The highest BCUT2D eigenvalue weighted by atomic mass is 32.2. The zero-order valence-electron chi connectivity index (χ0n) is 14.6. The molecule has 0 saturated heterocycles. The van der Waals surface area contributed by atoms with Gasteiger partial charge in [-0.15, -0.1) is 0 Å². The van der Waals surface area contributed by atoms with E-state index >= 15 is 0 Å². The largest absolute Gasteiger partial charge is 0.454 e. The van der Waals surface area contributed by atoms with Crippen molar-refractivity contribution in [2.24, 2.45) is 0 Å². The molecule has 0 unspecified atom stereocenters. The van der Waals surface area contributed by atoms with E-state index in [1.165, 1.54) is 17.9 Å². The molecule has 1 aliphatic rings. The summed E-state index contributed by atoms with van der Waals surface area (Å²) in [5, 5.41) is 0. The van der Waals surface area contributed by atoms with Gasteiger partial charge in [-0.25, -0.2) is 13.1 Å². The Kier molecular flexibility index (Phi) is 5.15. The lowest BCUT2D eigenvalue weighted by Crippen LogP contribution is -2.37. The van der Waals surface area contributed by atoms with Gasteiger partial charge in [0.2, 0.25) is 22.7 Å². The summed E-state index contributed by atoms with van der Waals surface area (Å²) in [7, 11) is -3.63. The number of fused-ring (bicyclic) bond motifs is 1. The number of nitrogens with zero attached hydrogens (tertiary/aromatic N) is 1. The summed E-state index contributed by atoms with van der Waals surface area (Å²) in [6.45, 7) is 3.69. The average molecular weight is 376 g/mol. The minimum Gasteiger partial charge on any atom is -0.454 e. The Morgan fingerprint density at radius 1 is 1.15 bits per heavy atom. The monoisotopic (exact) mass is 376 g/mol. The molecule has 0 atom stereocenters. The molecule has 1 aliphatic heterocycles. The number of amides is 1. The molecule has 0 radical (unpaired) electrons. The van der Waals surface area contributed by atoms with E-state index < -0.39 is 10.0 Å². The van der Waals surface area contributed by atoms with Crippen LogP contribution in [0.15, 0.2) is 47.4 Å². The Hall–Kier alpha value is -2.58. The Bertz CT molecular complexity index is 927. The molecule has 2 aromatic carbocycles. The Morgan fingerprint density at radius 2 is 1.92 bits per heavy atom. The van der Waals surface area contributed by atoms with Crippen molar-refractivity contribution in [3.63, 3.8) is 0 Å². The number of rotatable bonds is 6.